The number of hydrogen-bond donors (Lipinski definition) is 1. The van der Waals surface area contributed by atoms with Gasteiger partial charge in [0, 0.05) is 17.7 Å². The Hall–Kier alpha value is -2.04. The number of allylic oxidation sites excluding steroid dienone is 1. The van der Waals surface area contributed by atoms with E-state index >= 15 is 0 Å². The van der Waals surface area contributed by atoms with Gasteiger partial charge in [0.25, 0.3) is 0 Å². The van der Waals surface area contributed by atoms with Crippen molar-refractivity contribution in [3.8, 4) is 0 Å². The van der Waals surface area contributed by atoms with Gasteiger partial charge in [-0.3, -0.25) is 9.59 Å². The number of hydrogen-bond acceptors (Lipinski definition) is 2. The van der Waals surface area contributed by atoms with E-state index in [2.05, 4.69) is 12.2 Å². The molecule has 144 valence electrons. The molecule has 27 heavy (non-hydrogen) atoms. The molecule has 0 radical (unpaired) electrons. The Bertz CT molecular complexity index is 766. The molecule has 5 rings (SSSR count). The maximum atomic E-state index is 13.2. The summed E-state index contributed by atoms with van der Waals surface area (Å²) in [4.78, 5) is 24.4. The molecule has 1 N–H and O–H groups in total. The minimum Gasteiger partial charge on any atom is -0.350 e. The summed E-state index contributed by atoms with van der Waals surface area (Å²) in [5, 5.41) is 3.05. The molecule has 4 saturated carbocycles. The maximum Gasteiger partial charge on any atom is 0.244 e. The van der Waals surface area contributed by atoms with Crippen LogP contribution in [0, 0.1) is 34.8 Å². The van der Waals surface area contributed by atoms with E-state index in [-0.39, 0.29) is 22.9 Å². The Kier molecular flexibility index (Phi) is 4.65. The van der Waals surface area contributed by atoms with Crippen molar-refractivity contribution >= 4 is 11.7 Å². The molecule has 5 heteroatoms. The highest BCUT2D eigenvalue weighted by atomic mass is 19.2. The lowest BCUT2D eigenvalue weighted by atomic mass is 9.48. The second-order valence-electron chi connectivity index (χ2n) is 8.84. The second kappa shape index (κ2) is 6.84. The van der Waals surface area contributed by atoms with E-state index in [9.17, 15) is 18.4 Å². The molecule has 1 atom stereocenters. The molecule has 1 amide bonds. The van der Waals surface area contributed by atoms with Crippen molar-refractivity contribution in [1.29, 1.82) is 0 Å². The minimum absolute atomic E-state index is 0.0204. The van der Waals surface area contributed by atoms with Crippen LogP contribution >= 0.6 is 0 Å². The Morgan fingerprint density at radius 1 is 1.04 bits per heavy atom. The number of ketones is 1. The molecular weight excluding hydrogens is 348 g/mol. The van der Waals surface area contributed by atoms with Crippen LogP contribution in [0.5, 0.6) is 0 Å². The monoisotopic (exact) mass is 373 g/mol. The molecule has 1 aromatic rings. The van der Waals surface area contributed by atoms with Gasteiger partial charge in [0.05, 0.1) is 0 Å². The van der Waals surface area contributed by atoms with E-state index in [0.717, 1.165) is 36.0 Å². The van der Waals surface area contributed by atoms with Crippen LogP contribution in [-0.2, 0) is 4.79 Å². The molecule has 0 spiro atoms. The van der Waals surface area contributed by atoms with Crippen LogP contribution in [0.4, 0.5) is 8.78 Å². The summed E-state index contributed by atoms with van der Waals surface area (Å²) in [6.07, 6.45) is 9.94. The van der Waals surface area contributed by atoms with Crippen molar-refractivity contribution < 1.29 is 18.4 Å². The summed E-state index contributed by atoms with van der Waals surface area (Å²) < 4.78 is 26.2. The third-order valence-corrected chi connectivity index (χ3v) is 6.95. The molecular formula is C22H25F2NO2. The van der Waals surface area contributed by atoms with Gasteiger partial charge in [-0.15, -0.1) is 0 Å². The summed E-state index contributed by atoms with van der Waals surface area (Å²) in [5.74, 6) is -0.490. The van der Waals surface area contributed by atoms with Gasteiger partial charge in [0.15, 0.2) is 17.4 Å². The smallest absolute Gasteiger partial charge is 0.244 e. The van der Waals surface area contributed by atoms with Crippen LogP contribution in [0.3, 0.4) is 0 Å². The summed E-state index contributed by atoms with van der Waals surface area (Å²) in [6.45, 7) is 2.08. The number of carbonyl (C=O) groups is 2. The highest BCUT2D eigenvalue weighted by molar-refractivity contribution is 6.07. The third-order valence-electron chi connectivity index (χ3n) is 6.95. The molecule has 3 nitrogen and oxygen atoms in total. The predicted molar refractivity (Wildman–Crippen MR) is 98.0 cm³/mol. The van der Waals surface area contributed by atoms with Crippen LogP contribution in [0.15, 0.2) is 30.4 Å². The zero-order valence-electron chi connectivity index (χ0n) is 15.5. The van der Waals surface area contributed by atoms with E-state index in [4.69, 9.17) is 0 Å². The molecule has 4 fully saturated rings. The number of rotatable bonds is 5. The Balaban J connectivity index is 1.38. The largest absolute Gasteiger partial charge is 0.350 e. The van der Waals surface area contributed by atoms with Crippen molar-refractivity contribution in [3.05, 3.63) is 47.5 Å². The van der Waals surface area contributed by atoms with Gasteiger partial charge in [-0.2, -0.15) is 0 Å². The van der Waals surface area contributed by atoms with Gasteiger partial charge in [-0.05, 0) is 92.9 Å². The van der Waals surface area contributed by atoms with Crippen LogP contribution in [0.2, 0.25) is 0 Å². The lowest BCUT2D eigenvalue weighted by Gasteiger charge is -2.59. The molecule has 0 unspecified atom stereocenters. The molecule has 4 aliphatic carbocycles. The van der Waals surface area contributed by atoms with Crippen molar-refractivity contribution in [2.24, 2.45) is 23.2 Å². The van der Waals surface area contributed by atoms with Crippen LogP contribution in [0.25, 0.3) is 0 Å². The summed E-state index contributed by atoms with van der Waals surface area (Å²) in [6, 6.07) is 3.03. The highest BCUT2D eigenvalue weighted by Crippen LogP contribution is 2.61. The zero-order chi connectivity index (χ0) is 19.2. The fourth-order valence-electron chi connectivity index (χ4n) is 6.02. The van der Waals surface area contributed by atoms with Crippen LogP contribution in [-0.4, -0.2) is 17.7 Å². The molecule has 4 bridgehead atoms. The van der Waals surface area contributed by atoms with E-state index in [0.29, 0.717) is 0 Å². The van der Waals surface area contributed by atoms with E-state index in [1.54, 1.807) is 0 Å². The number of benzene rings is 1. The lowest BCUT2D eigenvalue weighted by molar-refractivity contribution is -0.121. The standard InChI is InChI=1S/C22H25F2NO2/c1-13(22-10-14-6-15(11-22)8-16(7-14)12-22)25-21(27)5-4-20(26)17-2-3-18(23)19(24)9-17/h2-5,9,13-16H,6-8,10-12H2,1H3,(H,25,27)/b5-4+/t13-,14?,15?,16?,22?/m0/s1. The number of carbonyl (C=O) groups excluding carboxylic acids is 2. The number of nitrogens with one attached hydrogen (secondary N) is 1. The Morgan fingerprint density at radius 2 is 1.63 bits per heavy atom. The van der Waals surface area contributed by atoms with E-state index in [1.165, 1.54) is 50.7 Å². The van der Waals surface area contributed by atoms with E-state index in [1.807, 2.05) is 0 Å². The minimum atomic E-state index is -1.07. The summed E-state index contributed by atoms with van der Waals surface area (Å²) in [5.41, 5.74) is 0.217. The molecule has 4 aliphatic rings. The number of amides is 1. The first-order valence-corrected chi connectivity index (χ1v) is 9.82. The fraction of sp³-hybridized carbons (Fsp3) is 0.545. The molecule has 0 saturated heterocycles. The third kappa shape index (κ3) is 3.56. The van der Waals surface area contributed by atoms with E-state index < -0.39 is 17.4 Å². The first-order valence-electron chi connectivity index (χ1n) is 9.82. The topological polar surface area (TPSA) is 46.2 Å². The average molecular weight is 373 g/mol. The number of halogens is 2. The zero-order valence-corrected chi connectivity index (χ0v) is 15.5. The Labute approximate surface area is 158 Å². The Morgan fingerprint density at radius 3 is 2.19 bits per heavy atom. The predicted octanol–water partition coefficient (Wildman–Crippen LogP) is 4.42. The van der Waals surface area contributed by atoms with Crippen LogP contribution in [0.1, 0.15) is 55.8 Å². The average Bonchev–Trinajstić information content (AvgIpc) is 2.61. The van der Waals surface area contributed by atoms with Crippen LogP contribution < -0.4 is 5.32 Å². The molecule has 0 aromatic heterocycles. The van der Waals surface area contributed by atoms with Crippen molar-refractivity contribution in [1.82, 2.24) is 5.32 Å². The first-order chi connectivity index (χ1) is 12.8. The lowest BCUT2D eigenvalue weighted by Crippen LogP contribution is -2.55. The SMILES string of the molecule is C[C@H](NC(=O)/C=C/C(=O)c1ccc(F)c(F)c1)C12CC3CC(CC(C3)C1)C2. The molecule has 0 heterocycles. The fourth-order valence-corrected chi connectivity index (χ4v) is 6.02. The van der Waals surface area contributed by atoms with Crippen molar-refractivity contribution in [2.45, 2.75) is 51.5 Å². The normalized spacial score (nSPS) is 32.6. The van der Waals surface area contributed by atoms with Gasteiger partial charge in [0.1, 0.15) is 0 Å². The van der Waals surface area contributed by atoms with Crippen molar-refractivity contribution in [2.75, 3.05) is 0 Å². The van der Waals surface area contributed by atoms with Gasteiger partial charge in [-0.1, -0.05) is 0 Å². The first kappa shape index (κ1) is 18.3. The summed E-state index contributed by atoms with van der Waals surface area (Å²) in [7, 11) is 0. The van der Waals surface area contributed by atoms with Gasteiger partial charge in [-0.25, -0.2) is 8.78 Å². The van der Waals surface area contributed by atoms with Gasteiger partial charge >= 0.3 is 0 Å². The summed E-state index contributed by atoms with van der Waals surface area (Å²) >= 11 is 0. The molecule has 1 aromatic carbocycles. The van der Waals surface area contributed by atoms with Crippen molar-refractivity contribution in [3.63, 3.8) is 0 Å². The highest BCUT2D eigenvalue weighted by Gasteiger charge is 2.53. The molecule has 0 aliphatic heterocycles. The second-order valence-corrected chi connectivity index (χ2v) is 8.84. The van der Waals surface area contributed by atoms with Gasteiger partial charge < -0.3 is 5.32 Å². The van der Waals surface area contributed by atoms with Gasteiger partial charge in [0.2, 0.25) is 5.91 Å². The maximum absolute atomic E-state index is 13.2. The quantitative estimate of drug-likeness (QED) is 0.613.